The van der Waals surface area contributed by atoms with Crippen LogP contribution in [0.15, 0.2) is 16.6 Å². The molecule has 0 radical (unpaired) electrons. The fourth-order valence-electron chi connectivity index (χ4n) is 2.39. The lowest BCUT2D eigenvalue weighted by Crippen LogP contribution is -2.33. The highest BCUT2D eigenvalue weighted by atomic mass is 79.9. The molecule has 1 aliphatic rings. The minimum absolute atomic E-state index is 0. The van der Waals surface area contributed by atoms with Crippen molar-refractivity contribution in [2.75, 3.05) is 19.7 Å². The Bertz CT molecular complexity index is 368. The molecule has 0 saturated carbocycles. The zero-order valence-electron chi connectivity index (χ0n) is 11.0. The van der Waals surface area contributed by atoms with E-state index in [4.69, 9.17) is 4.74 Å². The second-order valence-corrected chi connectivity index (χ2v) is 5.81. The van der Waals surface area contributed by atoms with Crippen molar-refractivity contribution in [3.8, 4) is 5.75 Å². The molecule has 1 saturated heterocycles. The first-order chi connectivity index (χ1) is 8.16. The Morgan fingerprint density at radius 3 is 2.56 bits per heavy atom. The average Bonchev–Trinajstić information content (AvgIpc) is 2.29. The Kier molecular flexibility index (Phi) is 6.47. The Morgan fingerprint density at radius 2 is 2.00 bits per heavy atom. The van der Waals surface area contributed by atoms with Gasteiger partial charge in [0.2, 0.25) is 0 Å². The highest BCUT2D eigenvalue weighted by Gasteiger charge is 2.14. The molecule has 1 fully saturated rings. The van der Waals surface area contributed by atoms with Crippen molar-refractivity contribution in [3.05, 3.63) is 27.7 Å². The Hall–Kier alpha value is -0.250. The predicted molar refractivity (Wildman–Crippen MR) is 82.0 cm³/mol. The number of hydrogen-bond donors (Lipinski definition) is 1. The summed E-state index contributed by atoms with van der Waals surface area (Å²) in [7, 11) is 0. The van der Waals surface area contributed by atoms with Gasteiger partial charge in [0.25, 0.3) is 0 Å². The quantitative estimate of drug-likeness (QED) is 0.906. The monoisotopic (exact) mass is 333 g/mol. The van der Waals surface area contributed by atoms with Gasteiger partial charge < -0.3 is 10.1 Å². The topological polar surface area (TPSA) is 21.3 Å². The maximum atomic E-state index is 6.00. The van der Waals surface area contributed by atoms with Gasteiger partial charge in [-0.25, -0.2) is 0 Å². The first-order valence-electron chi connectivity index (χ1n) is 6.27. The van der Waals surface area contributed by atoms with Gasteiger partial charge in [-0.2, -0.15) is 0 Å². The van der Waals surface area contributed by atoms with Gasteiger partial charge in [-0.1, -0.05) is 15.9 Å². The summed E-state index contributed by atoms with van der Waals surface area (Å²) in [6, 6.07) is 4.23. The standard InChI is InChI=1S/C14H20BrNO.ClH/c1-10-6-13(15)7-11(2)14(10)17-9-12-4-3-5-16-8-12;/h6-7,12,16H,3-5,8-9H2,1-2H3;1H. The molecule has 1 unspecified atom stereocenters. The molecule has 0 aliphatic carbocycles. The van der Waals surface area contributed by atoms with Crippen LogP contribution >= 0.6 is 28.3 Å². The zero-order valence-corrected chi connectivity index (χ0v) is 13.4. The van der Waals surface area contributed by atoms with Crippen LogP contribution in [0.5, 0.6) is 5.75 Å². The van der Waals surface area contributed by atoms with Crippen LogP contribution in [0.1, 0.15) is 24.0 Å². The van der Waals surface area contributed by atoms with Crippen LogP contribution in [-0.2, 0) is 0 Å². The van der Waals surface area contributed by atoms with Crippen LogP contribution in [0.4, 0.5) is 0 Å². The van der Waals surface area contributed by atoms with Crippen molar-refractivity contribution in [2.45, 2.75) is 26.7 Å². The number of nitrogens with one attached hydrogen (secondary N) is 1. The SMILES string of the molecule is Cc1cc(Br)cc(C)c1OCC1CCCNC1.Cl. The minimum Gasteiger partial charge on any atom is -0.493 e. The zero-order chi connectivity index (χ0) is 12.3. The van der Waals surface area contributed by atoms with E-state index >= 15 is 0 Å². The number of aryl methyl sites for hydroxylation is 2. The summed E-state index contributed by atoms with van der Waals surface area (Å²) in [4.78, 5) is 0. The second-order valence-electron chi connectivity index (χ2n) is 4.89. The van der Waals surface area contributed by atoms with Crippen LogP contribution < -0.4 is 10.1 Å². The highest BCUT2D eigenvalue weighted by molar-refractivity contribution is 9.10. The van der Waals surface area contributed by atoms with Crippen molar-refractivity contribution in [3.63, 3.8) is 0 Å². The summed E-state index contributed by atoms with van der Waals surface area (Å²) >= 11 is 3.51. The van der Waals surface area contributed by atoms with Gasteiger partial charge in [-0.15, -0.1) is 12.4 Å². The lowest BCUT2D eigenvalue weighted by Gasteiger charge is -2.23. The Balaban J connectivity index is 0.00000162. The molecule has 0 spiro atoms. The third-order valence-corrected chi connectivity index (χ3v) is 3.75. The third-order valence-electron chi connectivity index (χ3n) is 3.29. The Labute approximate surface area is 124 Å². The van der Waals surface area contributed by atoms with Gasteiger partial charge in [0.05, 0.1) is 6.61 Å². The molecule has 0 amide bonds. The van der Waals surface area contributed by atoms with Gasteiger partial charge >= 0.3 is 0 Å². The van der Waals surface area contributed by atoms with E-state index in [9.17, 15) is 0 Å². The van der Waals surface area contributed by atoms with Crippen LogP contribution in [0.3, 0.4) is 0 Å². The number of benzene rings is 1. The lowest BCUT2D eigenvalue weighted by atomic mass is 10.0. The summed E-state index contributed by atoms with van der Waals surface area (Å²) in [6.07, 6.45) is 2.55. The molecule has 1 aromatic carbocycles. The first kappa shape index (κ1) is 15.8. The van der Waals surface area contributed by atoms with Crippen LogP contribution in [0.2, 0.25) is 0 Å². The molecule has 0 bridgehead atoms. The third kappa shape index (κ3) is 4.15. The first-order valence-corrected chi connectivity index (χ1v) is 7.06. The number of hydrogen-bond acceptors (Lipinski definition) is 2. The van der Waals surface area contributed by atoms with Gasteiger partial charge in [0.1, 0.15) is 5.75 Å². The molecule has 0 aromatic heterocycles. The van der Waals surface area contributed by atoms with Crippen molar-refractivity contribution < 1.29 is 4.74 Å². The fourth-order valence-corrected chi connectivity index (χ4v) is 3.08. The number of rotatable bonds is 3. The smallest absolute Gasteiger partial charge is 0.125 e. The normalized spacial score (nSPS) is 19.2. The van der Waals surface area contributed by atoms with Gasteiger partial charge in [-0.3, -0.25) is 0 Å². The van der Waals surface area contributed by atoms with E-state index in [1.165, 1.54) is 24.0 Å². The summed E-state index contributed by atoms with van der Waals surface area (Å²) < 4.78 is 7.13. The number of ether oxygens (including phenoxy) is 1. The maximum Gasteiger partial charge on any atom is 0.125 e. The van der Waals surface area contributed by atoms with E-state index in [0.717, 1.165) is 29.9 Å². The highest BCUT2D eigenvalue weighted by Crippen LogP contribution is 2.28. The number of piperidine rings is 1. The molecular formula is C14H21BrClNO. The van der Waals surface area contributed by atoms with E-state index in [2.05, 4.69) is 47.2 Å². The van der Waals surface area contributed by atoms with Gasteiger partial charge in [0.15, 0.2) is 0 Å². The lowest BCUT2D eigenvalue weighted by molar-refractivity contribution is 0.216. The molecular weight excluding hydrogens is 314 g/mol. The summed E-state index contributed by atoms with van der Waals surface area (Å²) in [5.41, 5.74) is 2.42. The van der Waals surface area contributed by atoms with Crippen molar-refractivity contribution in [1.29, 1.82) is 0 Å². The maximum absolute atomic E-state index is 6.00. The van der Waals surface area contributed by atoms with E-state index in [0.29, 0.717) is 5.92 Å². The molecule has 2 nitrogen and oxygen atoms in total. The van der Waals surface area contributed by atoms with Crippen molar-refractivity contribution in [2.24, 2.45) is 5.92 Å². The number of halogens is 2. The van der Waals surface area contributed by atoms with E-state index in [-0.39, 0.29) is 12.4 Å². The fraction of sp³-hybridized carbons (Fsp3) is 0.571. The Morgan fingerprint density at radius 1 is 1.33 bits per heavy atom. The average molecular weight is 335 g/mol. The van der Waals surface area contributed by atoms with Crippen molar-refractivity contribution >= 4 is 28.3 Å². The molecule has 1 atom stereocenters. The minimum atomic E-state index is 0. The van der Waals surface area contributed by atoms with Crippen LogP contribution in [0, 0.1) is 19.8 Å². The molecule has 2 rings (SSSR count). The molecule has 4 heteroatoms. The molecule has 1 heterocycles. The van der Waals surface area contributed by atoms with Gasteiger partial charge in [-0.05, 0) is 56.5 Å². The van der Waals surface area contributed by atoms with Crippen molar-refractivity contribution in [1.82, 2.24) is 5.32 Å². The largest absolute Gasteiger partial charge is 0.493 e. The van der Waals surface area contributed by atoms with Crippen LogP contribution in [0.25, 0.3) is 0 Å². The molecule has 1 aromatic rings. The molecule has 1 N–H and O–H groups in total. The van der Waals surface area contributed by atoms with E-state index in [1.54, 1.807) is 0 Å². The summed E-state index contributed by atoms with van der Waals surface area (Å²) in [6.45, 7) is 7.29. The molecule has 102 valence electrons. The molecule has 18 heavy (non-hydrogen) atoms. The van der Waals surface area contributed by atoms with Crippen LogP contribution in [-0.4, -0.2) is 19.7 Å². The second kappa shape index (κ2) is 7.37. The molecule has 1 aliphatic heterocycles. The predicted octanol–water partition coefficient (Wildman–Crippen LogP) is 3.87. The van der Waals surface area contributed by atoms with E-state index in [1.807, 2.05) is 0 Å². The summed E-state index contributed by atoms with van der Waals surface area (Å²) in [5.74, 6) is 1.71. The van der Waals surface area contributed by atoms with Gasteiger partial charge in [0, 0.05) is 16.9 Å². The summed E-state index contributed by atoms with van der Waals surface area (Å²) in [5, 5.41) is 3.42. The van der Waals surface area contributed by atoms with E-state index < -0.39 is 0 Å².